The Balaban J connectivity index is 0.00000182. The lowest BCUT2D eigenvalue weighted by molar-refractivity contribution is 0.0759. The number of hydrogen-bond donors (Lipinski definition) is 2. The van der Waals surface area contributed by atoms with Gasteiger partial charge in [-0.3, -0.25) is 9.89 Å². The van der Waals surface area contributed by atoms with Gasteiger partial charge in [-0.05, 0) is 49.9 Å². The summed E-state index contributed by atoms with van der Waals surface area (Å²) in [7, 11) is 0. The topological polar surface area (TPSA) is 61.0 Å². The SMILES string of the molecule is Cl.O=C(c1cn[nH]c1-c1ccc(Cl)cc1)N1CC[C@@H]2CNC[C@@H]2CC1. The second-order valence-electron chi connectivity index (χ2n) is 6.71. The van der Waals surface area contributed by atoms with Crippen LogP contribution in [0.25, 0.3) is 11.3 Å². The Kier molecular flexibility index (Phi) is 5.67. The Labute approximate surface area is 158 Å². The number of amides is 1. The number of benzene rings is 1. The molecule has 0 aliphatic carbocycles. The summed E-state index contributed by atoms with van der Waals surface area (Å²) in [6.07, 6.45) is 3.80. The third-order valence-corrected chi connectivity index (χ3v) is 5.56. The van der Waals surface area contributed by atoms with Crippen molar-refractivity contribution < 1.29 is 4.79 Å². The van der Waals surface area contributed by atoms with E-state index in [9.17, 15) is 4.79 Å². The summed E-state index contributed by atoms with van der Waals surface area (Å²) in [6.45, 7) is 3.84. The molecule has 7 heteroatoms. The van der Waals surface area contributed by atoms with Gasteiger partial charge in [0.2, 0.25) is 0 Å². The second kappa shape index (κ2) is 7.77. The number of nitrogens with zero attached hydrogens (tertiary/aromatic N) is 2. The molecule has 25 heavy (non-hydrogen) atoms. The van der Waals surface area contributed by atoms with Crippen LogP contribution in [0.15, 0.2) is 30.5 Å². The Bertz CT molecular complexity index is 717. The molecule has 1 amide bonds. The van der Waals surface area contributed by atoms with E-state index in [2.05, 4.69) is 15.5 Å². The van der Waals surface area contributed by atoms with Gasteiger partial charge in [-0.25, -0.2) is 0 Å². The lowest BCUT2D eigenvalue weighted by Gasteiger charge is -2.21. The summed E-state index contributed by atoms with van der Waals surface area (Å²) in [5.74, 6) is 1.49. The van der Waals surface area contributed by atoms with Crippen molar-refractivity contribution >= 4 is 29.9 Å². The highest BCUT2D eigenvalue weighted by atomic mass is 35.5. The third-order valence-electron chi connectivity index (χ3n) is 5.31. The fourth-order valence-electron chi connectivity index (χ4n) is 3.88. The number of fused-ring (bicyclic) bond motifs is 1. The molecule has 2 N–H and O–H groups in total. The lowest BCUT2D eigenvalue weighted by Crippen LogP contribution is -2.32. The second-order valence-corrected chi connectivity index (χ2v) is 7.15. The lowest BCUT2D eigenvalue weighted by atomic mass is 9.92. The van der Waals surface area contributed by atoms with Gasteiger partial charge in [-0.15, -0.1) is 12.4 Å². The van der Waals surface area contributed by atoms with Crippen molar-refractivity contribution in [2.24, 2.45) is 11.8 Å². The Morgan fingerprint density at radius 1 is 1.12 bits per heavy atom. The number of hydrogen-bond acceptors (Lipinski definition) is 3. The van der Waals surface area contributed by atoms with E-state index < -0.39 is 0 Å². The number of carbonyl (C=O) groups is 1. The van der Waals surface area contributed by atoms with Gasteiger partial charge in [0.15, 0.2) is 0 Å². The molecule has 0 bridgehead atoms. The molecule has 2 fully saturated rings. The molecule has 0 unspecified atom stereocenters. The van der Waals surface area contributed by atoms with Crippen LogP contribution in [0.2, 0.25) is 5.02 Å². The van der Waals surface area contributed by atoms with E-state index in [-0.39, 0.29) is 18.3 Å². The van der Waals surface area contributed by atoms with Gasteiger partial charge in [0.25, 0.3) is 5.91 Å². The van der Waals surface area contributed by atoms with Crippen LogP contribution in [-0.4, -0.2) is 47.2 Å². The molecule has 2 aromatic rings. The van der Waals surface area contributed by atoms with Crippen LogP contribution in [0.3, 0.4) is 0 Å². The molecule has 134 valence electrons. The average molecular weight is 381 g/mol. The van der Waals surface area contributed by atoms with E-state index in [1.165, 1.54) is 0 Å². The van der Waals surface area contributed by atoms with Crippen LogP contribution < -0.4 is 5.32 Å². The first-order valence-electron chi connectivity index (χ1n) is 8.51. The molecule has 2 atom stereocenters. The number of halogens is 2. The summed E-state index contributed by atoms with van der Waals surface area (Å²) in [5, 5.41) is 11.2. The number of nitrogens with one attached hydrogen (secondary N) is 2. The number of aromatic amines is 1. The smallest absolute Gasteiger partial charge is 0.257 e. The predicted molar refractivity (Wildman–Crippen MR) is 101 cm³/mol. The van der Waals surface area contributed by atoms with Crippen molar-refractivity contribution in [2.45, 2.75) is 12.8 Å². The van der Waals surface area contributed by atoms with Crippen LogP contribution in [0.4, 0.5) is 0 Å². The number of aromatic nitrogens is 2. The van der Waals surface area contributed by atoms with Crippen molar-refractivity contribution in [3.8, 4) is 11.3 Å². The minimum Gasteiger partial charge on any atom is -0.339 e. The van der Waals surface area contributed by atoms with E-state index in [1.54, 1.807) is 6.20 Å². The maximum Gasteiger partial charge on any atom is 0.257 e. The van der Waals surface area contributed by atoms with E-state index in [0.29, 0.717) is 22.4 Å². The molecular formula is C18H22Cl2N4O. The largest absolute Gasteiger partial charge is 0.339 e. The zero-order chi connectivity index (χ0) is 16.5. The summed E-state index contributed by atoms with van der Waals surface area (Å²) in [5.41, 5.74) is 2.33. The molecule has 3 heterocycles. The van der Waals surface area contributed by atoms with E-state index in [0.717, 1.165) is 50.3 Å². The molecule has 0 radical (unpaired) electrons. The van der Waals surface area contributed by atoms with E-state index in [1.807, 2.05) is 29.2 Å². The normalized spacial score (nSPS) is 22.8. The highest BCUT2D eigenvalue weighted by Gasteiger charge is 2.32. The van der Waals surface area contributed by atoms with Crippen molar-refractivity contribution in [1.29, 1.82) is 0 Å². The highest BCUT2D eigenvalue weighted by Crippen LogP contribution is 2.29. The van der Waals surface area contributed by atoms with Crippen LogP contribution in [0, 0.1) is 11.8 Å². The monoisotopic (exact) mass is 380 g/mol. The molecule has 4 rings (SSSR count). The third kappa shape index (κ3) is 3.68. The summed E-state index contributed by atoms with van der Waals surface area (Å²) in [4.78, 5) is 15.0. The highest BCUT2D eigenvalue weighted by molar-refractivity contribution is 6.30. The molecule has 1 aromatic carbocycles. The predicted octanol–water partition coefficient (Wildman–Crippen LogP) is 3.22. The summed E-state index contributed by atoms with van der Waals surface area (Å²) < 4.78 is 0. The maximum absolute atomic E-state index is 13.0. The minimum atomic E-state index is 0. The van der Waals surface area contributed by atoms with Crippen molar-refractivity contribution in [1.82, 2.24) is 20.4 Å². The minimum absolute atomic E-state index is 0. The van der Waals surface area contributed by atoms with E-state index >= 15 is 0 Å². The molecule has 2 saturated heterocycles. The number of likely N-dealkylation sites (tertiary alicyclic amines) is 1. The molecule has 5 nitrogen and oxygen atoms in total. The van der Waals surface area contributed by atoms with Gasteiger partial charge in [-0.2, -0.15) is 5.10 Å². The van der Waals surface area contributed by atoms with Gasteiger partial charge < -0.3 is 10.2 Å². The van der Waals surface area contributed by atoms with Gasteiger partial charge in [-0.1, -0.05) is 23.7 Å². The summed E-state index contributed by atoms with van der Waals surface area (Å²) in [6, 6.07) is 7.47. The molecular weight excluding hydrogens is 359 g/mol. The zero-order valence-electron chi connectivity index (χ0n) is 13.9. The molecule has 0 spiro atoms. The zero-order valence-corrected chi connectivity index (χ0v) is 15.4. The first-order valence-corrected chi connectivity index (χ1v) is 8.89. The van der Waals surface area contributed by atoms with Crippen molar-refractivity contribution in [3.05, 3.63) is 41.0 Å². The Morgan fingerprint density at radius 3 is 2.40 bits per heavy atom. The van der Waals surface area contributed by atoms with Gasteiger partial charge >= 0.3 is 0 Å². The quantitative estimate of drug-likeness (QED) is 0.840. The van der Waals surface area contributed by atoms with Crippen LogP contribution in [-0.2, 0) is 0 Å². The fourth-order valence-corrected chi connectivity index (χ4v) is 4.00. The maximum atomic E-state index is 13.0. The van der Waals surface area contributed by atoms with Crippen molar-refractivity contribution in [2.75, 3.05) is 26.2 Å². The first-order chi connectivity index (χ1) is 11.7. The van der Waals surface area contributed by atoms with Crippen LogP contribution >= 0.6 is 24.0 Å². The molecule has 2 aliphatic rings. The first kappa shape index (κ1) is 18.2. The molecule has 1 aromatic heterocycles. The van der Waals surface area contributed by atoms with Gasteiger partial charge in [0.1, 0.15) is 0 Å². The van der Waals surface area contributed by atoms with Gasteiger partial charge in [0.05, 0.1) is 17.5 Å². The average Bonchev–Trinajstić information content (AvgIpc) is 3.21. The number of carbonyl (C=O) groups excluding carboxylic acids is 1. The Hall–Kier alpha value is -1.56. The summed E-state index contributed by atoms with van der Waals surface area (Å²) >= 11 is 5.96. The standard InChI is InChI=1S/C18H21ClN4O.ClH/c19-15-3-1-12(2-4-15)17-16(11-21-22-17)18(24)23-7-5-13-9-20-10-14(13)6-8-23;/h1-4,11,13-14,20H,5-10H2,(H,21,22);1H/t13-,14+;. The number of H-pyrrole nitrogens is 1. The Morgan fingerprint density at radius 2 is 1.76 bits per heavy atom. The van der Waals surface area contributed by atoms with Crippen LogP contribution in [0.1, 0.15) is 23.2 Å². The number of rotatable bonds is 2. The van der Waals surface area contributed by atoms with Crippen LogP contribution in [0.5, 0.6) is 0 Å². The fraction of sp³-hybridized carbons (Fsp3) is 0.444. The molecule has 0 saturated carbocycles. The van der Waals surface area contributed by atoms with E-state index in [4.69, 9.17) is 11.6 Å². The van der Waals surface area contributed by atoms with Gasteiger partial charge in [0, 0.05) is 23.7 Å². The van der Waals surface area contributed by atoms with Crippen molar-refractivity contribution in [3.63, 3.8) is 0 Å². The molecule has 2 aliphatic heterocycles.